The van der Waals surface area contributed by atoms with Crippen LogP contribution in [0.15, 0.2) is 0 Å². The molecule has 0 aliphatic heterocycles. The molecule has 0 amide bonds. The van der Waals surface area contributed by atoms with Crippen molar-refractivity contribution in [2.24, 2.45) is 29.6 Å². The van der Waals surface area contributed by atoms with Crippen LogP contribution in [0, 0.1) is 29.6 Å². The van der Waals surface area contributed by atoms with Gasteiger partial charge in [0.05, 0.1) is 5.60 Å². The molecule has 3 fully saturated rings. The van der Waals surface area contributed by atoms with Gasteiger partial charge in [-0.25, -0.2) is 0 Å². The maximum Gasteiger partial charge on any atom is 0.0856 e. The first-order valence-corrected chi connectivity index (χ1v) is 6.21. The van der Waals surface area contributed by atoms with Gasteiger partial charge in [-0.3, -0.25) is 0 Å². The molecule has 14 heavy (non-hydrogen) atoms. The van der Waals surface area contributed by atoms with E-state index in [1.807, 2.05) is 0 Å². The molecule has 0 aromatic rings. The van der Waals surface area contributed by atoms with Crippen LogP contribution >= 0.6 is 12.9 Å². The Morgan fingerprint density at radius 1 is 1.14 bits per heavy atom. The summed E-state index contributed by atoms with van der Waals surface area (Å²) in [6.45, 7) is 9.40. The first-order chi connectivity index (χ1) is 6.52. The van der Waals surface area contributed by atoms with Gasteiger partial charge in [-0.2, -0.15) is 0 Å². The van der Waals surface area contributed by atoms with Gasteiger partial charge in [0.25, 0.3) is 0 Å². The van der Waals surface area contributed by atoms with Crippen molar-refractivity contribution in [3.05, 3.63) is 0 Å². The van der Waals surface area contributed by atoms with E-state index in [-0.39, 0.29) is 5.60 Å². The third kappa shape index (κ3) is 1.19. The molecule has 1 nitrogen and oxygen atoms in total. The van der Waals surface area contributed by atoms with Crippen molar-refractivity contribution >= 4 is 12.9 Å². The fourth-order valence-corrected chi connectivity index (χ4v) is 4.38. The third-order valence-corrected chi connectivity index (χ3v) is 5.82. The van der Waals surface area contributed by atoms with Crippen LogP contribution in [0.2, 0.25) is 0 Å². The molecule has 0 radical (unpaired) electrons. The summed E-state index contributed by atoms with van der Waals surface area (Å²) < 4.78 is 5.54. The van der Waals surface area contributed by atoms with Crippen LogP contribution < -0.4 is 0 Å². The second-order valence-corrected chi connectivity index (χ2v) is 5.81. The summed E-state index contributed by atoms with van der Waals surface area (Å²) in [5.74, 6) is 3.86. The molecule has 3 aliphatic rings. The summed E-state index contributed by atoms with van der Waals surface area (Å²) in [5.41, 5.74) is 0.0119. The Labute approximate surface area is 93.2 Å². The summed E-state index contributed by atoms with van der Waals surface area (Å²) in [6, 6.07) is 0. The number of thiol groups is 1. The lowest BCUT2D eigenvalue weighted by atomic mass is 9.50. The van der Waals surface area contributed by atoms with E-state index in [1.165, 1.54) is 12.8 Å². The first-order valence-electron chi connectivity index (χ1n) is 5.85. The molecule has 6 unspecified atom stereocenters. The van der Waals surface area contributed by atoms with Gasteiger partial charge in [-0.05, 0) is 62.3 Å². The van der Waals surface area contributed by atoms with Crippen molar-refractivity contribution in [3.8, 4) is 0 Å². The fourth-order valence-electron chi connectivity index (χ4n) is 4.08. The van der Waals surface area contributed by atoms with Crippen molar-refractivity contribution in [1.82, 2.24) is 0 Å². The van der Waals surface area contributed by atoms with E-state index < -0.39 is 0 Å². The van der Waals surface area contributed by atoms with Crippen LogP contribution in [0.3, 0.4) is 0 Å². The molecule has 3 saturated carbocycles. The van der Waals surface area contributed by atoms with Crippen molar-refractivity contribution in [2.75, 3.05) is 0 Å². The standard InChI is InChI=1S/C12H22OS/c1-7-8(2)11-6-5-10(7)9(3)12(11,4)13-14/h7-11,14H,5-6H2,1-4H3. The zero-order valence-electron chi connectivity index (χ0n) is 9.66. The third-order valence-electron chi connectivity index (χ3n) is 5.43. The Kier molecular flexibility index (Phi) is 2.64. The lowest BCUT2D eigenvalue weighted by molar-refractivity contribution is -0.150. The number of fused-ring (bicyclic) bond motifs is 3. The second kappa shape index (κ2) is 3.41. The summed E-state index contributed by atoms with van der Waals surface area (Å²) in [7, 11) is 0. The van der Waals surface area contributed by atoms with Crippen LogP contribution in [0.4, 0.5) is 0 Å². The summed E-state index contributed by atoms with van der Waals surface area (Å²) >= 11 is 4.11. The van der Waals surface area contributed by atoms with Gasteiger partial charge in [-0.15, -0.1) is 0 Å². The average molecular weight is 214 g/mol. The van der Waals surface area contributed by atoms with Crippen molar-refractivity contribution < 1.29 is 4.18 Å². The van der Waals surface area contributed by atoms with E-state index in [0.717, 1.165) is 17.8 Å². The number of hydrogen-bond donors (Lipinski definition) is 1. The molecule has 2 bridgehead atoms. The van der Waals surface area contributed by atoms with E-state index in [1.54, 1.807) is 0 Å². The van der Waals surface area contributed by atoms with Crippen LogP contribution in [-0.4, -0.2) is 5.60 Å². The molecule has 0 N–H and O–H groups in total. The van der Waals surface area contributed by atoms with Crippen LogP contribution in [-0.2, 0) is 4.18 Å². The number of rotatable bonds is 1. The van der Waals surface area contributed by atoms with Crippen LogP contribution in [0.1, 0.15) is 40.5 Å². The highest BCUT2D eigenvalue weighted by atomic mass is 32.1. The van der Waals surface area contributed by atoms with Gasteiger partial charge in [0.15, 0.2) is 0 Å². The molecule has 0 heterocycles. The van der Waals surface area contributed by atoms with Gasteiger partial charge >= 0.3 is 0 Å². The Balaban J connectivity index is 2.32. The molecule has 0 aromatic heterocycles. The second-order valence-electron chi connectivity index (χ2n) is 5.63. The molecular weight excluding hydrogens is 192 g/mol. The molecule has 2 heteroatoms. The van der Waals surface area contributed by atoms with Crippen LogP contribution in [0.5, 0.6) is 0 Å². The summed E-state index contributed by atoms with van der Waals surface area (Å²) in [6.07, 6.45) is 2.72. The van der Waals surface area contributed by atoms with Gasteiger partial charge in [0, 0.05) is 0 Å². The predicted molar refractivity (Wildman–Crippen MR) is 62.2 cm³/mol. The highest BCUT2D eigenvalue weighted by Gasteiger charge is 2.56. The lowest BCUT2D eigenvalue weighted by Gasteiger charge is -2.59. The minimum absolute atomic E-state index is 0.0119. The predicted octanol–water partition coefficient (Wildman–Crippen LogP) is 3.55. The van der Waals surface area contributed by atoms with Crippen molar-refractivity contribution in [3.63, 3.8) is 0 Å². The average Bonchev–Trinajstić information content (AvgIpc) is 2.18. The Bertz CT molecular complexity index is 230. The highest BCUT2D eigenvalue weighted by molar-refractivity contribution is 7.75. The molecule has 6 atom stereocenters. The SMILES string of the molecule is CC1C(C)C2CCC1C(C)C2(C)OS. The van der Waals surface area contributed by atoms with E-state index in [4.69, 9.17) is 4.18 Å². The van der Waals surface area contributed by atoms with Gasteiger partial charge < -0.3 is 4.18 Å². The fraction of sp³-hybridized carbons (Fsp3) is 1.00. The first kappa shape index (κ1) is 10.8. The summed E-state index contributed by atoms with van der Waals surface area (Å²) in [5, 5.41) is 0. The lowest BCUT2D eigenvalue weighted by Crippen LogP contribution is -2.58. The summed E-state index contributed by atoms with van der Waals surface area (Å²) in [4.78, 5) is 0. The van der Waals surface area contributed by atoms with Gasteiger partial charge in [-0.1, -0.05) is 20.8 Å². The monoisotopic (exact) mass is 214 g/mol. The molecule has 0 spiro atoms. The molecular formula is C12H22OS. The van der Waals surface area contributed by atoms with Gasteiger partial charge in [0.1, 0.15) is 0 Å². The van der Waals surface area contributed by atoms with Crippen LogP contribution in [0.25, 0.3) is 0 Å². The zero-order chi connectivity index (χ0) is 10.5. The van der Waals surface area contributed by atoms with Gasteiger partial charge in [0.2, 0.25) is 0 Å². The molecule has 3 rings (SSSR count). The maximum atomic E-state index is 5.54. The maximum absolute atomic E-state index is 5.54. The molecule has 0 saturated heterocycles. The minimum Gasteiger partial charge on any atom is -0.312 e. The highest BCUT2D eigenvalue weighted by Crippen LogP contribution is 2.57. The molecule has 0 aromatic carbocycles. The smallest absolute Gasteiger partial charge is 0.0856 e. The Hall–Kier alpha value is 0.310. The van der Waals surface area contributed by atoms with E-state index >= 15 is 0 Å². The largest absolute Gasteiger partial charge is 0.312 e. The molecule has 3 aliphatic carbocycles. The quantitative estimate of drug-likeness (QED) is 0.519. The Morgan fingerprint density at radius 2 is 1.79 bits per heavy atom. The minimum atomic E-state index is 0.0119. The Morgan fingerprint density at radius 3 is 2.36 bits per heavy atom. The van der Waals surface area contributed by atoms with E-state index in [0.29, 0.717) is 11.8 Å². The van der Waals surface area contributed by atoms with E-state index in [9.17, 15) is 0 Å². The topological polar surface area (TPSA) is 9.23 Å². The van der Waals surface area contributed by atoms with Crippen molar-refractivity contribution in [2.45, 2.75) is 46.1 Å². The molecule has 82 valence electrons. The van der Waals surface area contributed by atoms with Crippen molar-refractivity contribution in [1.29, 1.82) is 0 Å². The van der Waals surface area contributed by atoms with E-state index in [2.05, 4.69) is 40.6 Å². The normalized spacial score (nSPS) is 57.6. The zero-order valence-corrected chi connectivity index (χ0v) is 10.6. The number of hydrogen-bond acceptors (Lipinski definition) is 2.